The highest BCUT2D eigenvalue weighted by Crippen LogP contribution is 2.43. The topological polar surface area (TPSA) is 37.6 Å². The SMILES string of the molecule is CCc1c(C)sc2c1CCN(Cc1cc(=O)n3ccccc3n1)C2c1ccccc1. The van der Waals surface area contributed by atoms with Gasteiger partial charge >= 0.3 is 0 Å². The van der Waals surface area contributed by atoms with E-state index in [0.29, 0.717) is 12.2 Å². The molecule has 5 rings (SSSR count). The minimum absolute atomic E-state index is 0.0233. The average molecular weight is 416 g/mol. The Morgan fingerprint density at radius 3 is 2.73 bits per heavy atom. The molecule has 30 heavy (non-hydrogen) atoms. The molecular weight excluding hydrogens is 390 g/mol. The molecule has 0 N–H and O–H groups in total. The summed E-state index contributed by atoms with van der Waals surface area (Å²) in [6, 6.07) is 18.3. The second-order valence-corrected chi connectivity index (χ2v) is 9.14. The minimum Gasteiger partial charge on any atom is -0.285 e. The van der Waals surface area contributed by atoms with Crippen LogP contribution in [0.15, 0.2) is 65.6 Å². The molecule has 1 aliphatic rings. The number of aryl methyl sites for hydroxylation is 1. The van der Waals surface area contributed by atoms with Gasteiger partial charge in [0.15, 0.2) is 0 Å². The number of hydrogen-bond acceptors (Lipinski definition) is 4. The van der Waals surface area contributed by atoms with Crippen LogP contribution in [-0.4, -0.2) is 20.8 Å². The van der Waals surface area contributed by atoms with E-state index in [-0.39, 0.29) is 11.6 Å². The normalized spacial score (nSPS) is 16.7. The molecule has 0 fully saturated rings. The van der Waals surface area contributed by atoms with Crippen molar-refractivity contribution in [2.45, 2.75) is 39.3 Å². The van der Waals surface area contributed by atoms with Crippen molar-refractivity contribution in [1.82, 2.24) is 14.3 Å². The summed E-state index contributed by atoms with van der Waals surface area (Å²) < 4.78 is 1.60. The summed E-state index contributed by atoms with van der Waals surface area (Å²) in [6.45, 7) is 6.13. The van der Waals surface area contributed by atoms with Crippen LogP contribution in [0.5, 0.6) is 0 Å². The fourth-order valence-electron chi connectivity index (χ4n) is 4.72. The van der Waals surface area contributed by atoms with Gasteiger partial charge in [-0.1, -0.05) is 43.3 Å². The summed E-state index contributed by atoms with van der Waals surface area (Å²) >= 11 is 1.94. The summed E-state index contributed by atoms with van der Waals surface area (Å²) in [7, 11) is 0. The maximum atomic E-state index is 12.6. The Balaban J connectivity index is 1.58. The number of aromatic nitrogens is 2. The second kappa shape index (κ2) is 7.82. The van der Waals surface area contributed by atoms with E-state index in [1.807, 2.05) is 29.5 Å². The molecule has 1 aliphatic heterocycles. The molecule has 0 spiro atoms. The van der Waals surface area contributed by atoms with Crippen molar-refractivity contribution in [2.75, 3.05) is 6.54 Å². The monoisotopic (exact) mass is 415 g/mol. The van der Waals surface area contributed by atoms with Crippen molar-refractivity contribution < 1.29 is 0 Å². The average Bonchev–Trinajstić information content (AvgIpc) is 3.09. The molecule has 0 radical (unpaired) electrons. The Morgan fingerprint density at radius 1 is 1.13 bits per heavy atom. The van der Waals surface area contributed by atoms with Gasteiger partial charge in [0.1, 0.15) is 5.65 Å². The van der Waals surface area contributed by atoms with Gasteiger partial charge in [-0.25, -0.2) is 4.98 Å². The molecule has 3 aromatic heterocycles. The van der Waals surface area contributed by atoms with Crippen molar-refractivity contribution in [1.29, 1.82) is 0 Å². The lowest BCUT2D eigenvalue weighted by Crippen LogP contribution is -2.35. The van der Waals surface area contributed by atoms with E-state index >= 15 is 0 Å². The zero-order valence-electron chi connectivity index (χ0n) is 17.3. The highest BCUT2D eigenvalue weighted by molar-refractivity contribution is 7.12. The van der Waals surface area contributed by atoms with Crippen molar-refractivity contribution in [3.63, 3.8) is 0 Å². The molecule has 4 heterocycles. The number of nitrogens with zero attached hydrogens (tertiary/aromatic N) is 3. The minimum atomic E-state index is -0.0233. The Hall–Kier alpha value is -2.76. The van der Waals surface area contributed by atoms with E-state index < -0.39 is 0 Å². The Labute approximate surface area is 180 Å². The lowest BCUT2D eigenvalue weighted by Gasteiger charge is -2.36. The van der Waals surface area contributed by atoms with Crippen molar-refractivity contribution in [3.8, 4) is 0 Å². The van der Waals surface area contributed by atoms with E-state index in [1.54, 1.807) is 16.7 Å². The molecule has 1 unspecified atom stereocenters. The van der Waals surface area contributed by atoms with Crippen LogP contribution in [0.3, 0.4) is 0 Å². The van der Waals surface area contributed by atoms with E-state index in [0.717, 1.165) is 25.1 Å². The van der Waals surface area contributed by atoms with Crippen LogP contribution in [0.1, 0.15) is 45.1 Å². The van der Waals surface area contributed by atoms with Gasteiger partial charge < -0.3 is 0 Å². The molecule has 0 amide bonds. The summed E-state index contributed by atoms with van der Waals surface area (Å²) in [6.07, 6.45) is 3.91. The highest BCUT2D eigenvalue weighted by atomic mass is 32.1. The van der Waals surface area contributed by atoms with Gasteiger partial charge in [0.25, 0.3) is 5.56 Å². The van der Waals surface area contributed by atoms with Gasteiger partial charge in [-0.2, -0.15) is 0 Å². The maximum absolute atomic E-state index is 12.6. The number of rotatable bonds is 4. The van der Waals surface area contributed by atoms with Crippen LogP contribution in [0.4, 0.5) is 0 Å². The lowest BCUT2D eigenvalue weighted by atomic mass is 9.91. The lowest BCUT2D eigenvalue weighted by molar-refractivity contribution is 0.205. The third-order valence-electron chi connectivity index (χ3n) is 6.07. The van der Waals surface area contributed by atoms with Crippen LogP contribution < -0.4 is 5.56 Å². The molecule has 4 nitrogen and oxygen atoms in total. The van der Waals surface area contributed by atoms with Crippen LogP contribution in [-0.2, 0) is 19.4 Å². The fraction of sp³-hybridized carbons (Fsp3) is 0.280. The molecule has 0 saturated heterocycles. The summed E-state index contributed by atoms with van der Waals surface area (Å²) in [5.41, 5.74) is 5.88. The van der Waals surface area contributed by atoms with Crippen molar-refractivity contribution in [2.24, 2.45) is 0 Å². The molecule has 0 aliphatic carbocycles. The number of benzene rings is 1. The molecule has 0 bridgehead atoms. The number of thiophene rings is 1. The first kappa shape index (κ1) is 19.2. The summed E-state index contributed by atoms with van der Waals surface area (Å²) in [5.74, 6) is 0. The van der Waals surface area contributed by atoms with Gasteiger partial charge in [-0.15, -0.1) is 11.3 Å². The first-order valence-corrected chi connectivity index (χ1v) is 11.3. The quantitative estimate of drug-likeness (QED) is 0.482. The standard InChI is InChI=1S/C25H25N3OS/c1-3-20-17(2)30-25-21(20)12-14-27(24(25)18-9-5-4-6-10-18)16-19-15-23(29)28-13-8-7-11-22(28)26-19/h4-11,13,15,24H,3,12,14,16H2,1-2H3. The third kappa shape index (κ3) is 3.28. The van der Waals surface area contributed by atoms with Gasteiger partial charge in [0.2, 0.25) is 0 Å². The summed E-state index contributed by atoms with van der Waals surface area (Å²) in [5, 5.41) is 0. The maximum Gasteiger partial charge on any atom is 0.258 e. The third-order valence-corrected chi connectivity index (χ3v) is 7.31. The molecular formula is C25H25N3OS. The number of pyridine rings is 1. The van der Waals surface area contributed by atoms with Crippen LogP contribution >= 0.6 is 11.3 Å². The van der Waals surface area contributed by atoms with E-state index in [1.165, 1.54) is 26.4 Å². The zero-order chi connectivity index (χ0) is 20.7. The summed E-state index contributed by atoms with van der Waals surface area (Å²) in [4.78, 5) is 22.7. The first-order chi connectivity index (χ1) is 14.7. The fourth-order valence-corrected chi connectivity index (χ4v) is 6.18. The van der Waals surface area contributed by atoms with E-state index in [9.17, 15) is 4.79 Å². The molecule has 1 aromatic carbocycles. The Kier molecular flexibility index (Phi) is 5.01. The Bertz CT molecular complexity index is 1260. The Morgan fingerprint density at radius 2 is 1.93 bits per heavy atom. The molecule has 1 atom stereocenters. The predicted molar refractivity (Wildman–Crippen MR) is 122 cm³/mol. The highest BCUT2D eigenvalue weighted by Gasteiger charge is 2.32. The van der Waals surface area contributed by atoms with Crippen molar-refractivity contribution >= 4 is 17.0 Å². The van der Waals surface area contributed by atoms with Gasteiger partial charge in [-0.3, -0.25) is 14.1 Å². The van der Waals surface area contributed by atoms with Gasteiger partial charge in [0, 0.05) is 35.1 Å². The van der Waals surface area contributed by atoms with Crippen LogP contribution in [0, 0.1) is 6.92 Å². The van der Waals surface area contributed by atoms with E-state index in [2.05, 4.69) is 49.1 Å². The number of fused-ring (bicyclic) bond motifs is 2. The molecule has 5 heteroatoms. The number of hydrogen-bond donors (Lipinski definition) is 0. The first-order valence-electron chi connectivity index (χ1n) is 10.5. The smallest absolute Gasteiger partial charge is 0.258 e. The largest absolute Gasteiger partial charge is 0.285 e. The van der Waals surface area contributed by atoms with Crippen LogP contribution in [0.25, 0.3) is 5.65 Å². The molecule has 0 saturated carbocycles. The molecule has 4 aromatic rings. The van der Waals surface area contributed by atoms with E-state index in [4.69, 9.17) is 4.98 Å². The van der Waals surface area contributed by atoms with Crippen molar-refractivity contribution in [3.05, 3.63) is 103 Å². The molecule has 152 valence electrons. The predicted octanol–water partition coefficient (Wildman–Crippen LogP) is 4.77. The van der Waals surface area contributed by atoms with Crippen LogP contribution in [0.2, 0.25) is 0 Å². The second-order valence-electron chi connectivity index (χ2n) is 7.88. The van der Waals surface area contributed by atoms with Gasteiger partial charge in [0.05, 0.1) is 11.7 Å². The van der Waals surface area contributed by atoms with Gasteiger partial charge in [-0.05, 0) is 48.6 Å². The zero-order valence-corrected chi connectivity index (χ0v) is 18.2.